The second kappa shape index (κ2) is 6.86. The summed E-state index contributed by atoms with van der Waals surface area (Å²) < 4.78 is 5.45. The lowest BCUT2D eigenvalue weighted by atomic mass is 9.84. The molecule has 4 heteroatoms. The molecule has 0 aromatic rings. The van der Waals surface area contributed by atoms with Crippen LogP contribution < -0.4 is 11.1 Å². The van der Waals surface area contributed by atoms with Crippen molar-refractivity contribution in [2.24, 2.45) is 11.7 Å². The van der Waals surface area contributed by atoms with Crippen LogP contribution in [0.5, 0.6) is 0 Å². The summed E-state index contributed by atoms with van der Waals surface area (Å²) in [6.45, 7) is 5.53. The zero-order chi connectivity index (χ0) is 12.0. The predicted molar refractivity (Wildman–Crippen MR) is 64.0 cm³/mol. The normalized spacial score (nSPS) is 25.9. The average molecular weight is 228 g/mol. The second-order valence-corrected chi connectivity index (χ2v) is 4.77. The molecule has 1 aliphatic carbocycles. The number of ether oxygens (including phenoxy) is 1. The molecule has 0 spiro atoms. The van der Waals surface area contributed by atoms with E-state index >= 15 is 0 Å². The van der Waals surface area contributed by atoms with Gasteiger partial charge in [0.2, 0.25) is 5.91 Å². The largest absolute Gasteiger partial charge is 0.377 e. The molecule has 1 amide bonds. The van der Waals surface area contributed by atoms with Gasteiger partial charge in [0.05, 0.1) is 18.6 Å². The van der Waals surface area contributed by atoms with Gasteiger partial charge in [0.25, 0.3) is 0 Å². The first kappa shape index (κ1) is 13.5. The van der Waals surface area contributed by atoms with E-state index < -0.39 is 0 Å². The molecule has 0 aliphatic heterocycles. The number of amides is 1. The lowest BCUT2D eigenvalue weighted by Crippen LogP contribution is -2.45. The van der Waals surface area contributed by atoms with Crippen molar-refractivity contribution >= 4 is 5.91 Å². The van der Waals surface area contributed by atoms with Gasteiger partial charge in [-0.3, -0.25) is 4.79 Å². The maximum Gasteiger partial charge on any atom is 0.222 e. The van der Waals surface area contributed by atoms with Crippen LogP contribution in [0.3, 0.4) is 0 Å². The number of nitrogens with two attached hydrogens (primary N) is 1. The van der Waals surface area contributed by atoms with Crippen LogP contribution >= 0.6 is 0 Å². The van der Waals surface area contributed by atoms with Gasteiger partial charge in [-0.25, -0.2) is 0 Å². The highest BCUT2D eigenvalue weighted by Gasteiger charge is 2.28. The molecule has 1 aliphatic rings. The summed E-state index contributed by atoms with van der Waals surface area (Å²) in [7, 11) is 0. The summed E-state index contributed by atoms with van der Waals surface area (Å²) in [4.78, 5) is 11.3. The highest BCUT2D eigenvalue weighted by atomic mass is 16.5. The van der Waals surface area contributed by atoms with E-state index in [0.29, 0.717) is 6.61 Å². The van der Waals surface area contributed by atoms with Gasteiger partial charge in [-0.1, -0.05) is 12.8 Å². The Labute approximate surface area is 97.9 Å². The number of primary amides is 1. The highest BCUT2D eigenvalue weighted by Crippen LogP contribution is 2.23. The molecule has 4 nitrogen and oxygen atoms in total. The Balaban J connectivity index is 2.24. The Bertz CT molecular complexity index is 219. The summed E-state index contributed by atoms with van der Waals surface area (Å²) in [5.41, 5.74) is 5.40. The monoisotopic (exact) mass is 228 g/mol. The molecule has 0 aromatic heterocycles. The van der Waals surface area contributed by atoms with Crippen LogP contribution in [0.1, 0.15) is 39.5 Å². The molecule has 2 atom stereocenters. The third-order valence-electron chi connectivity index (χ3n) is 3.09. The molecule has 0 aromatic carbocycles. The topological polar surface area (TPSA) is 64.3 Å². The van der Waals surface area contributed by atoms with Crippen molar-refractivity contribution in [1.82, 2.24) is 5.32 Å². The van der Waals surface area contributed by atoms with Crippen LogP contribution in [0.15, 0.2) is 0 Å². The van der Waals surface area contributed by atoms with Crippen molar-refractivity contribution in [3.05, 3.63) is 0 Å². The summed E-state index contributed by atoms with van der Waals surface area (Å²) in [5, 5.41) is 3.38. The van der Waals surface area contributed by atoms with Gasteiger partial charge in [-0.05, 0) is 26.7 Å². The summed E-state index contributed by atoms with van der Waals surface area (Å²) in [6.07, 6.45) is 4.55. The van der Waals surface area contributed by atoms with Crippen molar-refractivity contribution in [2.75, 3.05) is 13.2 Å². The van der Waals surface area contributed by atoms with Crippen LogP contribution in [0.25, 0.3) is 0 Å². The van der Waals surface area contributed by atoms with Crippen molar-refractivity contribution < 1.29 is 9.53 Å². The molecule has 0 saturated heterocycles. The zero-order valence-corrected chi connectivity index (χ0v) is 10.4. The number of hydrogen-bond acceptors (Lipinski definition) is 3. The number of rotatable bonds is 6. The van der Waals surface area contributed by atoms with E-state index in [2.05, 4.69) is 5.32 Å². The minimum atomic E-state index is -0.165. The Hall–Kier alpha value is -0.610. The average Bonchev–Trinajstić information content (AvgIpc) is 2.24. The van der Waals surface area contributed by atoms with Gasteiger partial charge in [-0.15, -0.1) is 0 Å². The Morgan fingerprint density at radius 1 is 1.44 bits per heavy atom. The number of carbonyl (C=O) groups excluding carboxylic acids is 1. The molecular formula is C12H24N2O2. The molecule has 0 radical (unpaired) electrons. The zero-order valence-electron chi connectivity index (χ0n) is 10.4. The fourth-order valence-electron chi connectivity index (χ4n) is 2.25. The molecule has 1 rings (SSSR count). The minimum absolute atomic E-state index is 0.00722. The predicted octanol–water partition coefficient (Wildman–Crippen LogP) is 1.05. The SMILES string of the molecule is CC(C)OCCN[C@@H]1CCCC[C@@H]1C(N)=O. The smallest absolute Gasteiger partial charge is 0.222 e. The first-order valence-electron chi connectivity index (χ1n) is 6.25. The second-order valence-electron chi connectivity index (χ2n) is 4.77. The minimum Gasteiger partial charge on any atom is -0.377 e. The Morgan fingerprint density at radius 2 is 2.12 bits per heavy atom. The molecule has 0 heterocycles. The molecular weight excluding hydrogens is 204 g/mol. The molecule has 16 heavy (non-hydrogen) atoms. The van der Waals surface area contributed by atoms with E-state index in [4.69, 9.17) is 10.5 Å². The summed E-state index contributed by atoms with van der Waals surface area (Å²) in [5.74, 6) is -0.158. The van der Waals surface area contributed by atoms with Crippen LogP contribution in [0.4, 0.5) is 0 Å². The lowest BCUT2D eigenvalue weighted by molar-refractivity contribution is -0.123. The van der Waals surface area contributed by atoms with Crippen molar-refractivity contribution in [3.63, 3.8) is 0 Å². The first-order chi connectivity index (χ1) is 7.61. The third kappa shape index (κ3) is 4.49. The number of hydrogen-bond donors (Lipinski definition) is 2. The summed E-state index contributed by atoms with van der Waals surface area (Å²) in [6, 6.07) is 0.252. The van der Waals surface area contributed by atoms with Crippen molar-refractivity contribution in [1.29, 1.82) is 0 Å². The van der Waals surface area contributed by atoms with Crippen LogP contribution in [0.2, 0.25) is 0 Å². The van der Waals surface area contributed by atoms with E-state index in [-0.39, 0.29) is 24.0 Å². The van der Waals surface area contributed by atoms with Gasteiger partial charge in [0.1, 0.15) is 0 Å². The maximum absolute atomic E-state index is 11.3. The lowest BCUT2D eigenvalue weighted by Gasteiger charge is -2.30. The van der Waals surface area contributed by atoms with Crippen molar-refractivity contribution in [2.45, 2.75) is 51.7 Å². The number of nitrogens with one attached hydrogen (secondary N) is 1. The van der Waals surface area contributed by atoms with Crippen LogP contribution in [0, 0.1) is 5.92 Å². The molecule has 0 unspecified atom stereocenters. The molecule has 3 N–H and O–H groups in total. The van der Waals surface area contributed by atoms with Gasteiger partial charge < -0.3 is 15.8 Å². The number of carbonyl (C=O) groups is 1. The van der Waals surface area contributed by atoms with E-state index in [0.717, 1.165) is 25.8 Å². The van der Waals surface area contributed by atoms with Crippen LogP contribution in [-0.2, 0) is 9.53 Å². The molecule has 94 valence electrons. The van der Waals surface area contributed by atoms with Gasteiger partial charge >= 0.3 is 0 Å². The van der Waals surface area contributed by atoms with Crippen LogP contribution in [-0.4, -0.2) is 31.2 Å². The van der Waals surface area contributed by atoms with E-state index in [1.807, 2.05) is 13.8 Å². The summed E-state index contributed by atoms with van der Waals surface area (Å²) >= 11 is 0. The van der Waals surface area contributed by atoms with E-state index in [1.165, 1.54) is 6.42 Å². The molecule has 1 saturated carbocycles. The first-order valence-corrected chi connectivity index (χ1v) is 6.25. The van der Waals surface area contributed by atoms with Gasteiger partial charge in [0, 0.05) is 12.6 Å². The quantitative estimate of drug-likeness (QED) is 0.668. The fourth-order valence-corrected chi connectivity index (χ4v) is 2.25. The molecule has 0 bridgehead atoms. The van der Waals surface area contributed by atoms with Gasteiger partial charge in [0.15, 0.2) is 0 Å². The fraction of sp³-hybridized carbons (Fsp3) is 0.917. The van der Waals surface area contributed by atoms with E-state index in [9.17, 15) is 4.79 Å². The Morgan fingerprint density at radius 3 is 2.75 bits per heavy atom. The molecule has 1 fully saturated rings. The maximum atomic E-state index is 11.3. The third-order valence-corrected chi connectivity index (χ3v) is 3.09. The van der Waals surface area contributed by atoms with E-state index in [1.54, 1.807) is 0 Å². The van der Waals surface area contributed by atoms with Crippen molar-refractivity contribution in [3.8, 4) is 0 Å². The standard InChI is InChI=1S/C12H24N2O2/c1-9(2)16-8-7-14-11-6-4-3-5-10(11)12(13)15/h9-11,14H,3-8H2,1-2H3,(H2,13,15)/t10-,11+/m0/s1. The highest BCUT2D eigenvalue weighted by molar-refractivity contribution is 5.77. The van der Waals surface area contributed by atoms with Gasteiger partial charge in [-0.2, -0.15) is 0 Å². The Kier molecular flexibility index (Phi) is 5.77.